The molecule has 0 saturated carbocycles. The molecule has 0 heterocycles. The number of hydrogen-bond acceptors (Lipinski definition) is 2. The minimum absolute atomic E-state index is 0.0664. The average molecular weight is 354 g/mol. The van der Waals surface area contributed by atoms with E-state index in [1.807, 2.05) is 34.6 Å². The molecule has 1 amide bonds. The standard InChI is InChI=1S/C18H28F2N4O/c1-6-21-16(25)18(4,5)11-23-17(22-7-2)24-12(3)13-8-9-14(19)15(20)10-13/h8-10,12H,6-7,11H2,1-5H3,(H,21,25)(H2,22,23,24). The van der Waals surface area contributed by atoms with Gasteiger partial charge in [0.2, 0.25) is 5.91 Å². The van der Waals surface area contributed by atoms with Crippen molar-refractivity contribution in [2.75, 3.05) is 19.6 Å². The SMILES string of the molecule is CCNC(=O)C(C)(C)CN=C(NCC)NC(C)c1ccc(F)c(F)c1. The van der Waals surface area contributed by atoms with Crippen LogP contribution in [0.5, 0.6) is 0 Å². The first-order chi connectivity index (χ1) is 11.7. The van der Waals surface area contributed by atoms with Gasteiger partial charge in [-0.3, -0.25) is 9.79 Å². The highest BCUT2D eigenvalue weighted by Gasteiger charge is 2.27. The van der Waals surface area contributed by atoms with E-state index < -0.39 is 17.0 Å². The van der Waals surface area contributed by atoms with E-state index in [4.69, 9.17) is 0 Å². The molecule has 0 radical (unpaired) electrons. The van der Waals surface area contributed by atoms with Crippen molar-refractivity contribution in [1.82, 2.24) is 16.0 Å². The summed E-state index contributed by atoms with van der Waals surface area (Å²) >= 11 is 0. The third kappa shape index (κ3) is 6.32. The van der Waals surface area contributed by atoms with Gasteiger partial charge in [-0.1, -0.05) is 6.07 Å². The normalized spacial score (nSPS) is 13.3. The van der Waals surface area contributed by atoms with E-state index >= 15 is 0 Å². The summed E-state index contributed by atoms with van der Waals surface area (Å²) in [6.07, 6.45) is 0. The number of benzene rings is 1. The van der Waals surface area contributed by atoms with Crippen LogP contribution >= 0.6 is 0 Å². The van der Waals surface area contributed by atoms with Crippen molar-refractivity contribution in [3.8, 4) is 0 Å². The monoisotopic (exact) mass is 354 g/mol. The highest BCUT2D eigenvalue weighted by Crippen LogP contribution is 2.17. The quantitative estimate of drug-likeness (QED) is 0.521. The number of hydrogen-bond donors (Lipinski definition) is 3. The first kappa shape index (κ1) is 20.9. The van der Waals surface area contributed by atoms with Gasteiger partial charge in [-0.25, -0.2) is 8.78 Å². The summed E-state index contributed by atoms with van der Waals surface area (Å²) in [5.41, 5.74) is -0.0451. The zero-order chi connectivity index (χ0) is 19.0. The Hall–Kier alpha value is -2.18. The van der Waals surface area contributed by atoms with Crippen molar-refractivity contribution in [1.29, 1.82) is 0 Å². The minimum Gasteiger partial charge on any atom is -0.357 e. The van der Waals surface area contributed by atoms with Gasteiger partial charge in [0.25, 0.3) is 0 Å². The Bertz CT molecular complexity index is 617. The number of carbonyl (C=O) groups excluding carboxylic acids is 1. The predicted molar refractivity (Wildman–Crippen MR) is 96.4 cm³/mol. The molecule has 0 aromatic heterocycles. The molecule has 0 aliphatic carbocycles. The van der Waals surface area contributed by atoms with Crippen molar-refractivity contribution >= 4 is 11.9 Å². The van der Waals surface area contributed by atoms with Crippen molar-refractivity contribution in [3.05, 3.63) is 35.4 Å². The fourth-order valence-corrected chi connectivity index (χ4v) is 2.14. The summed E-state index contributed by atoms with van der Waals surface area (Å²) in [6, 6.07) is 3.51. The number of amides is 1. The molecule has 0 saturated heterocycles. The highest BCUT2D eigenvalue weighted by molar-refractivity contribution is 5.83. The van der Waals surface area contributed by atoms with Gasteiger partial charge < -0.3 is 16.0 Å². The minimum atomic E-state index is -0.884. The first-order valence-electron chi connectivity index (χ1n) is 8.49. The van der Waals surface area contributed by atoms with Crippen LogP contribution in [-0.4, -0.2) is 31.5 Å². The molecule has 0 aliphatic heterocycles. The Labute approximate surface area is 148 Å². The molecular weight excluding hydrogens is 326 g/mol. The van der Waals surface area contributed by atoms with E-state index in [1.165, 1.54) is 6.07 Å². The molecule has 7 heteroatoms. The number of aliphatic imine (C=N–C) groups is 1. The van der Waals surface area contributed by atoms with Crippen molar-refractivity contribution in [3.63, 3.8) is 0 Å². The number of guanidine groups is 1. The van der Waals surface area contributed by atoms with Gasteiger partial charge in [-0.15, -0.1) is 0 Å². The molecule has 1 unspecified atom stereocenters. The number of nitrogens with zero attached hydrogens (tertiary/aromatic N) is 1. The predicted octanol–water partition coefficient (Wildman–Crippen LogP) is 2.74. The summed E-state index contributed by atoms with van der Waals surface area (Å²) < 4.78 is 26.5. The molecular formula is C18H28F2N4O. The second-order valence-electron chi connectivity index (χ2n) is 6.48. The van der Waals surface area contributed by atoms with Crippen molar-refractivity contribution < 1.29 is 13.6 Å². The Kier molecular flexibility index (Phi) is 7.80. The summed E-state index contributed by atoms with van der Waals surface area (Å²) in [7, 11) is 0. The Morgan fingerprint density at radius 2 is 1.80 bits per heavy atom. The zero-order valence-corrected chi connectivity index (χ0v) is 15.5. The maximum absolute atomic E-state index is 13.4. The molecule has 3 N–H and O–H groups in total. The van der Waals surface area contributed by atoms with Crippen LogP contribution in [0.4, 0.5) is 8.78 Å². The van der Waals surface area contributed by atoms with Gasteiger partial charge in [0.05, 0.1) is 18.0 Å². The maximum atomic E-state index is 13.4. The first-order valence-corrected chi connectivity index (χ1v) is 8.49. The number of carbonyl (C=O) groups is 1. The largest absolute Gasteiger partial charge is 0.357 e. The van der Waals surface area contributed by atoms with Crippen LogP contribution in [-0.2, 0) is 4.79 Å². The van der Waals surface area contributed by atoms with Gasteiger partial charge in [0, 0.05) is 13.1 Å². The van der Waals surface area contributed by atoms with Gasteiger partial charge in [-0.05, 0) is 52.3 Å². The van der Waals surface area contributed by atoms with E-state index in [1.54, 1.807) is 0 Å². The maximum Gasteiger partial charge on any atom is 0.227 e. The van der Waals surface area contributed by atoms with E-state index in [0.717, 1.165) is 12.1 Å². The molecule has 1 aromatic carbocycles. The van der Waals surface area contributed by atoms with Crippen LogP contribution < -0.4 is 16.0 Å². The number of nitrogens with one attached hydrogen (secondary N) is 3. The van der Waals surface area contributed by atoms with Gasteiger partial charge in [0.1, 0.15) is 0 Å². The third-order valence-corrected chi connectivity index (χ3v) is 3.73. The molecule has 5 nitrogen and oxygen atoms in total. The summed E-state index contributed by atoms with van der Waals surface area (Å²) in [6.45, 7) is 10.8. The molecule has 0 aliphatic rings. The molecule has 1 rings (SSSR count). The summed E-state index contributed by atoms with van der Waals surface area (Å²) in [4.78, 5) is 16.5. The van der Waals surface area contributed by atoms with Gasteiger partial charge >= 0.3 is 0 Å². The van der Waals surface area contributed by atoms with E-state index in [-0.39, 0.29) is 11.9 Å². The molecule has 1 aromatic rings. The Morgan fingerprint density at radius 3 is 2.36 bits per heavy atom. The molecule has 25 heavy (non-hydrogen) atoms. The van der Waals surface area contributed by atoms with Crippen molar-refractivity contribution in [2.45, 2.75) is 40.7 Å². The fourth-order valence-electron chi connectivity index (χ4n) is 2.14. The number of rotatable bonds is 7. The Balaban J connectivity index is 2.84. The third-order valence-electron chi connectivity index (χ3n) is 3.73. The second-order valence-corrected chi connectivity index (χ2v) is 6.48. The van der Waals surface area contributed by atoms with Crippen LogP contribution in [0, 0.1) is 17.0 Å². The van der Waals surface area contributed by atoms with Crippen LogP contribution in [0.25, 0.3) is 0 Å². The smallest absolute Gasteiger partial charge is 0.227 e. The lowest BCUT2D eigenvalue weighted by atomic mass is 9.92. The lowest BCUT2D eigenvalue weighted by molar-refractivity contribution is -0.128. The van der Waals surface area contributed by atoms with Crippen LogP contribution in [0.2, 0.25) is 0 Å². The molecule has 0 spiro atoms. The summed E-state index contributed by atoms with van der Waals surface area (Å²) in [5.74, 6) is -1.31. The lowest BCUT2D eigenvalue weighted by Gasteiger charge is -2.23. The fraction of sp³-hybridized carbons (Fsp3) is 0.556. The van der Waals surface area contributed by atoms with E-state index in [9.17, 15) is 13.6 Å². The van der Waals surface area contributed by atoms with E-state index in [0.29, 0.717) is 31.2 Å². The van der Waals surface area contributed by atoms with Crippen LogP contribution in [0.1, 0.15) is 46.2 Å². The van der Waals surface area contributed by atoms with Crippen LogP contribution in [0.3, 0.4) is 0 Å². The van der Waals surface area contributed by atoms with Crippen LogP contribution in [0.15, 0.2) is 23.2 Å². The number of halogens is 2. The highest BCUT2D eigenvalue weighted by atomic mass is 19.2. The summed E-state index contributed by atoms with van der Waals surface area (Å²) in [5, 5.41) is 9.03. The topological polar surface area (TPSA) is 65.5 Å². The van der Waals surface area contributed by atoms with Gasteiger partial charge in [-0.2, -0.15) is 0 Å². The molecule has 140 valence electrons. The molecule has 0 fully saturated rings. The lowest BCUT2D eigenvalue weighted by Crippen LogP contribution is -2.42. The van der Waals surface area contributed by atoms with Crippen molar-refractivity contribution in [2.24, 2.45) is 10.4 Å². The average Bonchev–Trinajstić information content (AvgIpc) is 2.55. The second kappa shape index (κ2) is 9.34. The molecule has 1 atom stereocenters. The Morgan fingerprint density at radius 1 is 1.16 bits per heavy atom. The molecule has 0 bridgehead atoms. The van der Waals surface area contributed by atoms with Gasteiger partial charge in [0.15, 0.2) is 17.6 Å². The van der Waals surface area contributed by atoms with E-state index in [2.05, 4.69) is 20.9 Å². The zero-order valence-electron chi connectivity index (χ0n) is 15.5.